The molecule has 6 heteroatoms. The highest BCUT2D eigenvalue weighted by Crippen LogP contribution is 2.38. The molecule has 1 aromatic carbocycles. The quantitative estimate of drug-likeness (QED) is 0.592. The largest absolute Gasteiger partial charge is 0.497 e. The molecular weight excluding hydrogens is 344 g/mol. The average molecular weight is 368 g/mol. The molecule has 1 aliphatic heterocycles. The molecule has 0 fully saturated rings. The summed E-state index contributed by atoms with van der Waals surface area (Å²) in [7, 11) is 3.00. The van der Waals surface area contributed by atoms with Crippen molar-refractivity contribution in [3.05, 3.63) is 64.9 Å². The van der Waals surface area contributed by atoms with Gasteiger partial charge in [-0.25, -0.2) is 9.78 Å². The number of nitrogens with zero attached hydrogens (tertiary/aromatic N) is 1. The first-order chi connectivity index (χ1) is 13.1. The third-order valence-corrected chi connectivity index (χ3v) is 4.68. The number of anilines is 1. The van der Waals surface area contributed by atoms with Gasteiger partial charge in [0.1, 0.15) is 11.6 Å². The van der Waals surface area contributed by atoms with Crippen LogP contribution in [0.2, 0.25) is 0 Å². The maximum absolute atomic E-state index is 12.3. The van der Waals surface area contributed by atoms with Crippen molar-refractivity contribution in [3.8, 4) is 5.75 Å². The number of aromatic nitrogens is 1. The molecule has 1 N–H and O–H groups in total. The summed E-state index contributed by atoms with van der Waals surface area (Å²) in [5, 5.41) is 3.35. The number of allylic oxidation sites excluding steroid dienone is 1. The van der Waals surface area contributed by atoms with Crippen LogP contribution in [0, 0.1) is 0 Å². The monoisotopic (exact) mass is 368 g/mol. The predicted molar refractivity (Wildman–Crippen MR) is 103 cm³/mol. The topological polar surface area (TPSA) is 69.7 Å². The summed E-state index contributed by atoms with van der Waals surface area (Å²) in [5.74, 6) is 1.00. The van der Waals surface area contributed by atoms with Crippen LogP contribution in [0.3, 0.4) is 0 Å². The highest BCUT2D eigenvalue weighted by atomic mass is 16.5. The minimum Gasteiger partial charge on any atom is -0.497 e. The Bertz CT molecular complexity index is 846. The molecule has 0 radical (unpaired) electrons. The average Bonchev–Trinajstić information content (AvgIpc) is 3.09. The first-order valence-corrected chi connectivity index (χ1v) is 8.82. The second-order valence-corrected chi connectivity index (χ2v) is 6.32. The van der Waals surface area contributed by atoms with Crippen molar-refractivity contribution in [1.82, 2.24) is 4.98 Å². The number of carbonyl (C=O) groups excluding carboxylic acids is 1. The van der Waals surface area contributed by atoms with Crippen LogP contribution in [0.15, 0.2) is 36.9 Å². The molecule has 0 spiro atoms. The molecule has 1 aromatic heterocycles. The van der Waals surface area contributed by atoms with E-state index in [4.69, 9.17) is 14.2 Å². The zero-order valence-electron chi connectivity index (χ0n) is 15.9. The minimum atomic E-state index is -0.457. The molecule has 27 heavy (non-hydrogen) atoms. The maximum Gasteiger partial charge on any atom is 0.357 e. The zero-order chi connectivity index (χ0) is 19.4. The van der Waals surface area contributed by atoms with Crippen LogP contribution in [-0.4, -0.2) is 25.2 Å². The summed E-state index contributed by atoms with van der Waals surface area (Å²) in [5.41, 5.74) is 4.20. The van der Waals surface area contributed by atoms with E-state index in [0.29, 0.717) is 31.1 Å². The van der Waals surface area contributed by atoms with E-state index in [1.807, 2.05) is 31.2 Å². The fourth-order valence-corrected chi connectivity index (χ4v) is 3.28. The highest BCUT2D eigenvalue weighted by Gasteiger charge is 2.30. The summed E-state index contributed by atoms with van der Waals surface area (Å²) < 4.78 is 15.9. The summed E-state index contributed by atoms with van der Waals surface area (Å²) in [6.45, 7) is 6.80. The van der Waals surface area contributed by atoms with Crippen molar-refractivity contribution >= 4 is 11.8 Å². The van der Waals surface area contributed by atoms with Crippen LogP contribution in [0.5, 0.6) is 5.75 Å². The number of esters is 1. The van der Waals surface area contributed by atoms with Crippen molar-refractivity contribution in [1.29, 1.82) is 0 Å². The van der Waals surface area contributed by atoms with Crippen molar-refractivity contribution < 1.29 is 19.0 Å². The van der Waals surface area contributed by atoms with Gasteiger partial charge in [0.2, 0.25) is 0 Å². The molecule has 1 aliphatic rings. The van der Waals surface area contributed by atoms with Crippen molar-refractivity contribution in [3.63, 3.8) is 0 Å². The van der Waals surface area contributed by atoms with E-state index < -0.39 is 5.97 Å². The lowest BCUT2D eigenvalue weighted by Gasteiger charge is -2.17. The lowest BCUT2D eigenvalue weighted by Crippen LogP contribution is -2.15. The van der Waals surface area contributed by atoms with E-state index in [-0.39, 0.29) is 6.10 Å². The molecule has 1 atom stereocenters. The van der Waals surface area contributed by atoms with Gasteiger partial charge in [0, 0.05) is 12.1 Å². The normalized spacial score (nSPS) is 15.1. The van der Waals surface area contributed by atoms with E-state index in [1.54, 1.807) is 13.2 Å². The van der Waals surface area contributed by atoms with Crippen molar-refractivity contribution in [2.45, 2.75) is 32.6 Å². The van der Waals surface area contributed by atoms with E-state index in [1.165, 1.54) is 7.11 Å². The summed E-state index contributed by atoms with van der Waals surface area (Å²) in [6.07, 6.45) is 2.20. The van der Waals surface area contributed by atoms with Crippen LogP contribution in [0.1, 0.15) is 45.8 Å². The summed E-state index contributed by atoms with van der Waals surface area (Å²) in [6, 6.07) is 7.79. The lowest BCUT2D eigenvalue weighted by molar-refractivity contribution is 0.0592. The van der Waals surface area contributed by atoms with Gasteiger partial charge in [0.05, 0.1) is 26.9 Å². The number of fused-ring (bicyclic) bond motifs is 1. The molecule has 0 unspecified atom stereocenters. The van der Waals surface area contributed by atoms with Crippen LogP contribution >= 0.6 is 0 Å². The maximum atomic E-state index is 12.3. The van der Waals surface area contributed by atoms with Gasteiger partial charge in [-0.15, -0.1) is 6.58 Å². The Hall–Kier alpha value is -2.86. The number of nitrogens with one attached hydrogen (secondary N) is 1. The molecule has 6 nitrogen and oxygen atoms in total. The molecule has 0 aliphatic carbocycles. The first-order valence-electron chi connectivity index (χ1n) is 8.82. The Kier molecular flexibility index (Phi) is 5.76. The highest BCUT2D eigenvalue weighted by molar-refractivity contribution is 5.90. The first kappa shape index (κ1) is 18.9. The predicted octanol–water partition coefficient (Wildman–Crippen LogP) is 3.81. The number of hydrogen-bond acceptors (Lipinski definition) is 6. The van der Waals surface area contributed by atoms with Crippen LogP contribution < -0.4 is 10.1 Å². The van der Waals surface area contributed by atoms with E-state index in [9.17, 15) is 4.79 Å². The van der Waals surface area contributed by atoms with Crippen LogP contribution in [0.25, 0.3) is 0 Å². The Labute approximate surface area is 159 Å². The van der Waals surface area contributed by atoms with Gasteiger partial charge in [0.25, 0.3) is 0 Å². The van der Waals surface area contributed by atoms with Gasteiger partial charge in [-0.3, -0.25) is 0 Å². The number of rotatable bonds is 7. The molecule has 0 saturated carbocycles. The molecule has 3 rings (SSSR count). The Balaban J connectivity index is 1.97. The van der Waals surface area contributed by atoms with Gasteiger partial charge in [-0.05, 0) is 42.2 Å². The van der Waals surface area contributed by atoms with Gasteiger partial charge in [-0.2, -0.15) is 0 Å². The van der Waals surface area contributed by atoms with Crippen LogP contribution in [0.4, 0.5) is 5.82 Å². The van der Waals surface area contributed by atoms with Gasteiger partial charge in [-0.1, -0.05) is 18.2 Å². The molecule has 2 heterocycles. The Morgan fingerprint density at radius 2 is 2.11 bits per heavy atom. The SMILES string of the molecule is C=CCc1c(C(=O)OC)nc(NCc2ccc(OC)cc2)c2c1CO[C@H]2C. The van der Waals surface area contributed by atoms with Gasteiger partial charge >= 0.3 is 5.97 Å². The molecule has 2 aromatic rings. The number of methoxy groups -OCH3 is 2. The lowest BCUT2D eigenvalue weighted by atomic mass is 9.97. The number of pyridine rings is 1. The molecule has 142 valence electrons. The smallest absolute Gasteiger partial charge is 0.357 e. The number of ether oxygens (including phenoxy) is 3. The molecule has 0 bridgehead atoms. The zero-order valence-corrected chi connectivity index (χ0v) is 15.9. The number of carbonyl (C=O) groups is 1. The van der Waals surface area contributed by atoms with Gasteiger partial charge in [0.15, 0.2) is 5.69 Å². The van der Waals surface area contributed by atoms with Crippen molar-refractivity contribution in [2.24, 2.45) is 0 Å². The van der Waals surface area contributed by atoms with E-state index >= 15 is 0 Å². The standard InChI is InChI=1S/C21H24N2O4/c1-5-6-16-17-12-27-13(2)18(17)20(23-19(16)21(24)26-4)22-11-14-7-9-15(25-3)10-8-14/h5,7-10,13H,1,6,11-12H2,2-4H3,(H,22,23)/t13-/m0/s1. The number of hydrogen-bond donors (Lipinski definition) is 1. The Morgan fingerprint density at radius 1 is 1.37 bits per heavy atom. The van der Waals surface area contributed by atoms with Crippen molar-refractivity contribution in [2.75, 3.05) is 19.5 Å². The minimum absolute atomic E-state index is 0.0962. The third-order valence-electron chi connectivity index (χ3n) is 4.68. The fraction of sp³-hybridized carbons (Fsp3) is 0.333. The summed E-state index contributed by atoms with van der Waals surface area (Å²) in [4.78, 5) is 16.9. The van der Waals surface area contributed by atoms with E-state index in [0.717, 1.165) is 28.0 Å². The fourth-order valence-electron chi connectivity index (χ4n) is 3.28. The Morgan fingerprint density at radius 3 is 2.74 bits per heavy atom. The third kappa shape index (κ3) is 3.80. The second-order valence-electron chi connectivity index (χ2n) is 6.32. The van der Waals surface area contributed by atoms with E-state index in [2.05, 4.69) is 16.9 Å². The molecular formula is C21H24N2O4. The molecule has 0 amide bonds. The molecule has 0 saturated heterocycles. The van der Waals surface area contributed by atoms with Crippen LogP contribution in [-0.2, 0) is 29.0 Å². The summed E-state index contributed by atoms with van der Waals surface area (Å²) >= 11 is 0. The second kappa shape index (κ2) is 8.22. The number of benzene rings is 1. The van der Waals surface area contributed by atoms with Gasteiger partial charge < -0.3 is 19.5 Å².